The van der Waals surface area contributed by atoms with Crippen molar-refractivity contribution in [1.82, 2.24) is 0 Å². The SMILES string of the molecule is C.ClC(Cl)(Cl)Br. The van der Waals surface area contributed by atoms with E-state index in [0.717, 1.165) is 0 Å². The molecule has 0 N–H and O–H groups in total. The van der Waals surface area contributed by atoms with Crippen LogP contribution in [0.5, 0.6) is 0 Å². The molecule has 0 atom stereocenters. The molecule has 40 valence electrons. The van der Waals surface area contributed by atoms with Crippen molar-refractivity contribution in [3.05, 3.63) is 0 Å². The summed E-state index contributed by atoms with van der Waals surface area (Å²) in [5, 5.41) is 0. The van der Waals surface area contributed by atoms with E-state index in [-0.39, 0.29) is 7.43 Å². The molecule has 0 spiro atoms. The quantitative estimate of drug-likeness (QED) is 0.542. The van der Waals surface area contributed by atoms with Gasteiger partial charge in [0.15, 0.2) is 0 Å². The molecule has 0 amide bonds. The zero-order chi connectivity index (χ0) is 4.50. The molecular weight excluding hydrogens is 210 g/mol. The van der Waals surface area contributed by atoms with Crippen LogP contribution >= 0.6 is 50.7 Å². The Labute approximate surface area is 60.9 Å². The molecule has 0 fully saturated rings. The van der Waals surface area contributed by atoms with Crippen LogP contribution < -0.4 is 0 Å². The van der Waals surface area contributed by atoms with Crippen LogP contribution in [0.1, 0.15) is 7.43 Å². The highest BCUT2D eigenvalue weighted by molar-refractivity contribution is 9.11. The molecule has 0 nitrogen and oxygen atoms in total. The third-order valence-corrected chi connectivity index (χ3v) is 0. The molecule has 0 aliphatic rings. The van der Waals surface area contributed by atoms with Crippen LogP contribution in [-0.2, 0) is 0 Å². The zero-order valence-electron chi connectivity index (χ0n) is 2.01. The minimum atomic E-state index is -1.27. The summed E-state index contributed by atoms with van der Waals surface area (Å²) >= 11 is 17.6. The number of alkyl halides is 4. The molecule has 0 rings (SSSR count). The molecule has 0 aliphatic heterocycles. The maximum atomic E-state index is 4.98. The first-order valence-corrected chi connectivity index (χ1v) is 2.68. The van der Waals surface area contributed by atoms with Crippen molar-refractivity contribution < 1.29 is 0 Å². The Morgan fingerprint density at radius 1 is 1.17 bits per heavy atom. The number of rotatable bonds is 0. The van der Waals surface area contributed by atoms with E-state index in [0.29, 0.717) is 0 Å². The van der Waals surface area contributed by atoms with Gasteiger partial charge in [0.2, 0.25) is 2.70 Å². The van der Waals surface area contributed by atoms with E-state index >= 15 is 0 Å². The van der Waals surface area contributed by atoms with Gasteiger partial charge >= 0.3 is 0 Å². The van der Waals surface area contributed by atoms with Crippen LogP contribution in [0.25, 0.3) is 0 Å². The molecule has 0 aromatic carbocycles. The lowest BCUT2D eigenvalue weighted by atomic mass is 11.9. The van der Waals surface area contributed by atoms with Crippen molar-refractivity contribution in [2.75, 3.05) is 0 Å². The third kappa shape index (κ3) is 55.5. The van der Waals surface area contributed by atoms with Crippen molar-refractivity contribution in [2.24, 2.45) is 0 Å². The Hall–Kier alpha value is 1.35. The summed E-state index contributed by atoms with van der Waals surface area (Å²) in [5.74, 6) is 0. The Morgan fingerprint density at radius 3 is 1.17 bits per heavy atom. The predicted molar refractivity (Wildman–Crippen MR) is 35.9 cm³/mol. The monoisotopic (exact) mass is 212 g/mol. The van der Waals surface area contributed by atoms with Gasteiger partial charge in [0.05, 0.1) is 0 Å². The molecule has 0 heterocycles. The maximum Gasteiger partial charge on any atom is 0.245 e. The fraction of sp³-hybridized carbons (Fsp3) is 1.00. The second-order valence-corrected chi connectivity index (χ2v) is 5.27. The summed E-state index contributed by atoms with van der Waals surface area (Å²) in [6.07, 6.45) is 0. The third-order valence-electron chi connectivity index (χ3n) is 0. The molecule has 0 aliphatic carbocycles. The molecule has 0 radical (unpaired) electrons. The van der Waals surface area contributed by atoms with Crippen molar-refractivity contribution in [2.45, 2.75) is 10.1 Å². The van der Waals surface area contributed by atoms with Gasteiger partial charge in [-0.05, 0) is 15.9 Å². The van der Waals surface area contributed by atoms with Gasteiger partial charge in [-0.2, -0.15) is 0 Å². The van der Waals surface area contributed by atoms with Crippen molar-refractivity contribution >= 4 is 50.7 Å². The average molecular weight is 214 g/mol. The zero-order valence-corrected chi connectivity index (χ0v) is 5.87. The van der Waals surface area contributed by atoms with Crippen LogP contribution in [0.4, 0.5) is 0 Å². The Kier molecular flexibility index (Phi) is 5.81. The summed E-state index contributed by atoms with van der Waals surface area (Å²) in [6.45, 7) is 0. The summed E-state index contributed by atoms with van der Waals surface area (Å²) < 4.78 is -1.27. The lowest BCUT2D eigenvalue weighted by Gasteiger charge is -1.91. The van der Waals surface area contributed by atoms with Crippen LogP contribution in [0.3, 0.4) is 0 Å². The second-order valence-electron chi connectivity index (χ2n) is 0.429. The van der Waals surface area contributed by atoms with Gasteiger partial charge in [0.25, 0.3) is 0 Å². The highest BCUT2D eigenvalue weighted by Gasteiger charge is 2.10. The van der Waals surface area contributed by atoms with E-state index in [1.807, 2.05) is 0 Å². The molecular formula is C2H4BrCl3. The molecule has 4 heteroatoms. The van der Waals surface area contributed by atoms with Gasteiger partial charge in [-0.15, -0.1) is 0 Å². The van der Waals surface area contributed by atoms with Crippen LogP contribution in [0.2, 0.25) is 0 Å². The van der Waals surface area contributed by atoms with E-state index in [1.54, 1.807) is 0 Å². The normalized spacial score (nSPS) is 10.0. The Morgan fingerprint density at radius 2 is 1.17 bits per heavy atom. The van der Waals surface area contributed by atoms with Crippen LogP contribution in [-0.4, -0.2) is 2.70 Å². The van der Waals surface area contributed by atoms with E-state index < -0.39 is 2.70 Å². The molecule has 0 saturated carbocycles. The lowest BCUT2D eigenvalue weighted by Crippen LogP contribution is -1.79. The average Bonchev–Trinajstić information content (AvgIpc) is 0.722. The summed E-state index contributed by atoms with van der Waals surface area (Å²) in [5.41, 5.74) is 0. The Balaban J connectivity index is 0. The fourth-order valence-electron chi connectivity index (χ4n) is 0. The second kappa shape index (κ2) is 3.36. The predicted octanol–water partition coefficient (Wildman–Crippen LogP) is 3.35. The van der Waals surface area contributed by atoms with Gasteiger partial charge in [-0.1, -0.05) is 42.2 Å². The van der Waals surface area contributed by atoms with E-state index in [4.69, 9.17) is 34.8 Å². The largest absolute Gasteiger partial charge is 0.245 e. The highest BCUT2D eigenvalue weighted by atomic mass is 79.9. The van der Waals surface area contributed by atoms with Gasteiger partial charge in [-0.3, -0.25) is 0 Å². The van der Waals surface area contributed by atoms with Gasteiger partial charge in [0, 0.05) is 0 Å². The van der Waals surface area contributed by atoms with E-state index in [9.17, 15) is 0 Å². The topological polar surface area (TPSA) is 0 Å². The van der Waals surface area contributed by atoms with Gasteiger partial charge in [-0.25, -0.2) is 0 Å². The van der Waals surface area contributed by atoms with Gasteiger partial charge < -0.3 is 0 Å². The highest BCUT2D eigenvalue weighted by Crippen LogP contribution is 2.32. The van der Waals surface area contributed by atoms with Crippen molar-refractivity contribution in [3.8, 4) is 0 Å². The van der Waals surface area contributed by atoms with Crippen molar-refractivity contribution in [3.63, 3.8) is 0 Å². The standard InChI is InChI=1S/CBrCl3.CH4/c2-1(3,4)5;/h;1H4. The molecule has 6 heavy (non-hydrogen) atoms. The Bertz CT molecular complexity index is 24.3. The molecule has 0 bridgehead atoms. The maximum absolute atomic E-state index is 4.98. The summed E-state index contributed by atoms with van der Waals surface area (Å²) in [4.78, 5) is 0. The fourth-order valence-corrected chi connectivity index (χ4v) is 0. The summed E-state index contributed by atoms with van der Waals surface area (Å²) in [6, 6.07) is 0. The lowest BCUT2D eigenvalue weighted by molar-refractivity contribution is 1.84. The van der Waals surface area contributed by atoms with E-state index in [2.05, 4.69) is 15.9 Å². The molecule has 0 unspecified atom stereocenters. The first kappa shape index (κ1) is 10.4. The summed E-state index contributed by atoms with van der Waals surface area (Å²) in [7, 11) is 0. The molecule has 0 saturated heterocycles. The van der Waals surface area contributed by atoms with Crippen molar-refractivity contribution in [1.29, 1.82) is 0 Å². The van der Waals surface area contributed by atoms with Crippen LogP contribution in [0, 0.1) is 0 Å². The van der Waals surface area contributed by atoms with E-state index in [1.165, 1.54) is 0 Å². The number of hydrogen-bond donors (Lipinski definition) is 0. The molecule has 0 aromatic rings. The number of halogens is 4. The van der Waals surface area contributed by atoms with Gasteiger partial charge in [0.1, 0.15) is 0 Å². The number of hydrogen-bond acceptors (Lipinski definition) is 0. The smallest absolute Gasteiger partial charge is 0.0776 e. The minimum absolute atomic E-state index is 0. The molecule has 0 aromatic heterocycles. The minimum Gasteiger partial charge on any atom is -0.0776 e. The first-order valence-electron chi connectivity index (χ1n) is 0.756. The van der Waals surface area contributed by atoms with Crippen LogP contribution in [0.15, 0.2) is 0 Å². The first-order chi connectivity index (χ1) is 2.00.